The van der Waals surface area contributed by atoms with Gasteiger partial charge in [0.05, 0.1) is 17.4 Å². The molecule has 6 nitrogen and oxygen atoms in total. The van der Waals surface area contributed by atoms with Gasteiger partial charge in [0.25, 0.3) is 5.91 Å². The molecule has 0 saturated carbocycles. The van der Waals surface area contributed by atoms with E-state index in [4.69, 9.17) is 11.6 Å². The second-order valence-corrected chi connectivity index (χ2v) is 5.49. The molecule has 3 aromatic rings. The normalized spacial score (nSPS) is 10.3. The summed E-state index contributed by atoms with van der Waals surface area (Å²) < 4.78 is 13.1. The molecule has 1 aromatic carbocycles. The van der Waals surface area contributed by atoms with Gasteiger partial charge in [-0.2, -0.15) is 0 Å². The Bertz CT molecular complexity index is 874. The van der Waals surface area contributed by atoms with Crippen molar-refractivity contribution in [1.29, 1.82) is 0 Å². The molecular weight excluding hydrogens is 345 g/mol. The van der Waals surface area contributed by atoms with E-state index in [0.29, 0.717) is 18.1 Å². The van der Waals surface area contributed by atoms with Crippen molar-refractivity contribution in [2.24, 2.45) is 0 Å². The predicted molar refractivity (Wildman–Crippen MR) is 92.1 cm³/mol. The van der Waals surface area contributed by atoms with Crippen LogP contribution in [0.1, 0.15) is 16.1 Å². The summed E-state index contributed by atoms with van der Waals surface area (Å²) in [4.78, 5) is 24.2. The Balaban J connectivity index is 1.61. The van der Waals surface area contributed by atoms with Gasteiger partial charge in [0.2, 0.25) is 0 Å². The van der Waals surface area contributed by atoms with Crippen LogP contribution in [0, 0.1) is 5.82 Å². The number of halogens is 2. The topological polar surface area (TPSA) is 79.8 Å². The number of rotatable bonds is 5. The average molecular weight is 358 g/mol. The van der Waals surface area contributed by atoms with Crippen LogP contribution in [-0.2, 0) is 6.54 Å². The molecule has 0 bridgehead atoms. The Kier molecular flexibility index (Phi) is 5.15. The third kappa shape index (κ3) is 4.48. The van der Waals surface area contributed by atoms with Gasteiger partial charge >= 0.3 is 0 Å². The highest BCUT2D eigenvalue weighted by atomic mass is 35.5. The third-order valence-electron chi connectivity index (χ3n) is 3.28. The van der Waals surface area contributed by atoms with Crippen LogP contribution in [0.5, 0.6) is 0 Å². The summed E-state index contributed by atoms with van der Waals surface area (Å²) in [6.45, 7) is 0.372. The summed E-state index contributed by atoms with van der Waals surface area (Å²) in [5.74, 6) is -0.423. The molecule has 0 aliphatic heterocycles. The zero-order chi connectivity index (χ0) is 17.6. The molecule has 0 fully saturated rings. The first-order valence-corrected chi connectivity index (χ1v) is 7.71. The molecular formula is C17H13ClFN5O. The third-order valence-corrected chi connectivity index (χ3v) is 3.57. The van der Waals surface area contributed by atoms with E-state index in [1.165, 1.54) is 30.6 Å². The zero-order valence-electron chi connectivity index (χ0n) is 12.9. The molecule has 1 amide bonds. The first-order chi connectivity index (χ1) is 12.1. The number of nitrogens with zero attached hydrogens (tertiary/aromatic N) is 3. The summed E-state index contributed by atoms with van der Waals surface area (Å²) in [7, 11) is 0. The Morgan fingerprint density at radius 3 is 2.60 bits per heavy atom. The fraction of sp³-hybridized carbons (Fsp3) is 0.0588. The van der Waals surface area contributed by atoms with E-state index in [-0.39, 0.29) is 16.6 Å². The fourth-order valence-electron chi connectivity index (χ4n) is 2.01. The van der Waals surface area contributed by atoms with Crippen molar-refractivity contribution in [2.45, 2.75) is 6.54 Å². The maximum atomic E-state index is 13.1. The molecule has 2 heterocycles. The van der Waals surface area contributed by atoms with Gasteiger partial charge in [-0.1, -0.05) is 11.6 Å². The molecule has 2 aromatic heterocycles. The fourth-order valence-corrected chi connectivity index (χ4v) is 2.19. The van der Waals surface area contributed by atoms with Crippen LogP contribution < -0.4 is 10.6 Å². The number of carbonyl (C=O) groups excluding carboxylic acids is 1. The number of pyridine rings is 1. The van der Waals surface area contributed by atoms with Crippen molar-refractivity contribution in [3.8, 4) is 0 Å². The lowest BCUT2D eigenvalue weighted by molar-refractivity contribution is 0.0945. The molecule has 25 heavy (non-hydrogen) atoms. The molecule has 0 atom stereocenters. The molecule has 3 rings (SSSR count). The van der Waals surface area contributed by atoms with Gasteiger partial charge in [0, 0.05) is 24.6 Å². The zero-order valence-corrected chi connectivity index (χ0v) is 13.7. The van der Waals surface area contributed by atoms with Gasteiger partial charge in [-0.3, -0.25) is 9.78 Å². The van der Waals surface area contributed by atoms with Crippen LogP contribution in [0.4, 0.5) is 15.9 Å². The molecule has 0 aliphatic rings. The highest BCUT2D eigenvalue weighted by molar-refractivity contribution is 6.31. The molecule has 0 radical (unpaired) electrons. The standard InChI is InChI=1S/C17H13ClFN5O/c18-13-7-12(1-2-14(13)19)24-16-10-21-15(9-22-16)17(25)23-8-11-3-5-20-6-4-11/h1-7,9-10H,8H2,(H,22,24)(H,23,25). The monoisotopic (exact) mass is 357 g/mol. The quantitative estimate of drug-likeness (QED) is 0.732. The lowest BCUT2D eigenvalue weighted by Crippen LogP contribution is -2.24. The van der Waals surface area contributed by atoms with Crippen LogP contribution in [0.2, 0.25) is 5.02 Å². The number of anilines is 2. The van der Waals surface area contributed by atoms with E-state index in [1.54, 1.807) is 12.4 Å². The van der Waals surface area contributed by atoms with Gasteiger partial charge < -0.3 is 10.6 Å². The molecule has 2 N–H and O–H groups in total. The number of carbonyl (C=O) groups is 1. The summed E-state index contributed by atoms with van der Waals surface area (Å²) in [6, 6.07) is 7.84. The maximum Gasteiger partial charge on any atom is 0.271 e. The molecule has 0 saturated heterocycles. The van der Waals surface area contributed by atoms with Gasteiger partial charge in [-0.05, 0) is 35.9 Å². The van der Waals surface area contributed by atoms with Crippen LogP contribution in [0.15, 0.2) is 55.1 Å². The van der Waals surface area contributed by atoms with Gasteiger partial charge in [0.15, 0.2) is 0 Å². The number of aromatic nitrogens is 3. The van der Waals surface area contributed by atoms with Crippen LogP contribution >= 0.6 is 11.6 Å². The van der Waals surface area contributed by atoms with Crippen molar-refractivity contribution >= 4 is 29.0 Å². The highest BCUT2D eigenvalue weighted by Gasteiger charge is 2.08. The predicted octanol–water partition coefficient (Wildman–Crippen LogP) is 3.34. The van der Waals surface area contributed by atoms with Crippen molar-refractivity contribution in [1.82, 2.24) is 20.3 Å². The van der Waals surface area contributed by atoms with Crippen LogP contribution in [-0.4, -0.2) is 20.9 Å². The summed E-state index contributed by atoms with van der Waals surface area (Å²) in [5, 5.41) is 5.69. The summed E-state index contributed by atoms with van der Waals surface area (Å²) in [6.07, 6.45) is 6.08. The van der Waals surface area contributed by atoms with E-state index >= 15 is 0 Å². The first kappa shape index (κ1) is 16.8. The van der Waals surface area contributed by atoms with E-state index in [9.17, 15) is 9.18 Å². The van der Waals surface area contributed by atoms with Crippen molar-refractivity contribution in [3.63, 3.8) is 0 Å². The maximum absolute atomic E-state index is 13.1. The lowest BCUT2D eigenvalue weighted by atomic mass is 10.2. The Morgan fingerprint density at radius 2 is 1.92 bits per heavy atom. The number of hydrogen-bond acceptors (Lipinski definition) is 5. The largest absolute Gasteiger partial charge is 0.347 e. The minimum absolute atomic E-state index is 0.00469. The number of hydrogen-bond donors (Lipinski definition) is 2. The molecule has 0 spiro atoms. The Morgan fingerprint density at radius 1 is 1.12 bits per heavy atom. The SMILES string of the molecule is O=C(NCc1ccncc1)c1cnc(Nc2ccc(F)c(Cl)c2)cn1. The number of nitrogens with one attached hydrogen (secondary N) is 2. The molecule has 126 valence electrons. The minimum Gasteiger partial charge on any atom is -0.347 e. The first-order valence-electron chi connectivity index (χ1n) is 7.33. The summed E-state index contributed by atoms with van der Waals surface area (Å²) in [5.41, 5.74) is 1.69. The summed E-state index contributed by atoms with van der Waals surface area (Å²) >= 11 is 5.72. The van der Waals surface area contributed by atoms with Crippen molar-refractivity contribution in [2.75, 3.05) is 5.32 Å². The van der Waals surface area contributed by atoms with Gasteiger partial charge in [-0.15, -0.1) is 0 Å². The molecule has 0 unspecified atom stereocenters. The van der Waals surface area contributed by atoms with Crippen LogP contribution in [0.25, 0.3) is 0 Å². The number of benzene rings is 1. The minimum atomic E-state index is -0.500. The van der Waals surface area contributed by atoms with Crippen LogP contribution in [0.3, 0.4) is 0 Å². The van der Waals surface area contributed by atoms with Gasteiger partial charge in [0.1, 0.15) is 17.3 Å². The number of amides is 1. The van der Waals surface area contributed by atoms with Gasteiger partial charge in [-0.25, -0.2) is 14.4 Å². The van der Waals surface area contributed by atoms with Crippen molar-refractivity contribution in [3.05, 3.63) is 77.2 Å². The second-order valence-electron chi connectivity index (χ2n) is 5.08. The highest BCUT2D eigenvalue weighted by Crippen LogP contribution is 2.21. The van der Waals surface area contributed by atoms with E-state index in [1.807, 2.05) is 12.1 Å². The average Bonchev–Trinajstić information content (AvgIpc) is 2.64. The van der Waals surface area contributed by atoms with E-state index in [2.05, 4.69) is 25.6 Å². The van der Waals surface area contributed by atoms with Crippen molar-refractivity contribution < 1.29 is 9.18 Å². The lowest BCUT2D eigenvalue weighted by Gasteiger charge is -2.07. The smallest absolute Gasteiger partial charge is 0.271 e. The Hall–Kier alpha value is -3.06. The second kappa shape index (κ2) is 7.67. The molecule has 8 heteroatoms. The molecule has 0 aliphatic carbocycles. The van der Waals surface area contributed by atoms with E-state index in [0.717, 1.165) is 5.56 Å². The van der Waals surface area contributed by atoms with E-state index < -0.39 is 5.82 Å². The Labute approximate surface area is 148 Å².